The third-order valence-electron chi connectivity index (χ3n) is 0.178. The summed E-state index contributed by atoms with van der Waals surface area (Å²) in [7, 11) is 0. The van der Waals surface area contributed by atoms with E-state index in [2.05, 4.69) is 0 Å². The van der Waals surface area contributed by atoms with Gasteiger partial charge >= 0.3 is 40.7 Å². The summed E-state index contributed by atoms with van der Waals surface area (Å²) in [6.07, 6.45) is -2.84. The number of carbonyl (C=O) groups excluding carboxylic acids is 1. The van der Waals surface area contributed by atoms with Gasteiger partial charge < -0.3 is 0 Å². The average molecular weight is 158 g/mol. The van der Waals surface area contributed by atoms with Crippen molar-refractivity contribution in [3.05, 3.63) is 0 Å². The van der Waals surface area contributed by atoms with Crippen LogP contribution in [-0.4, -0.2) is 27.1 Å². The zero-order chi connectivity index (χ0) is 5.15. The third-order valence-corrected chi connectivity index (χ3v) is 0.552. The summed E-state index contributed by atoms with van der Waals surface area (Å²) in [6, 6.07) is 0. The van der Waals surface area contributed by atoms with E-state index in [-0.39, 0.29) is 0 Å². The fraction of sp³-hybridized carbons (Fsp3) is 0.500. The number of rotatable bonds is 1. The van der Waals surface area contributed by atoms with E-state index in [1.165, 1.54) is 0 Å². The molecular weight excluding hydrogens is 157 g/mol. The molecule has 0 aliphatic rings. The van der Waals surface area contributed by atoms with Gasteiger partial charge in [0.05, 0.1) is 0 Å². The van der Waals surface area contributed by atoms with E-state index in [0.29, 0.717) is 0 Å². The molecule has 0 saturated heterocycles. The standard InChI is InChI=1S/C2HF2OSe/c3-1(4)2(5)6/h1H. The minimum absolute atomic E-state index is 1.20. The Labute approximate surface area is 41.5 Å². The first kappa shape index (κ1) is 6.05. The number of alkyl halides is 2. The zero-order valence-electron chi connectivity index (χ0n) is 2.65. The number of hydrogen-bond donors (Lipinski definition) is 0. The van der Waals surface area contributed by atoms with E-state index >= 15 is 0 Å². The molecule has 0 rings (SSSR count). The van der Waals surface area contributed by atoms with Crippen molar-refractivity contribution >= 4 is 20.7 Å². The Morgan fingerprint density at radius 3 is 1.83 bits per heavy atom. The Kier molecular flexibility index (Phi) is 2.28. The molecular formula is C2HF2OSe. The monoisotopic (exact) mass is 159 g/mol. The second-order valence-corrected chi connectivity index (χ2v) is 1.46. The first-order valence-electron chi connectivity index (χ1n) is 1.13. The van der Waals surface area contributed by atoms with Gasteiger partial charge in [0.25, 0.3) is 0 Å². The molecule has 0 aliphatic carbocycles. The van der Waals surface area contributed by atoms with Crippen molar-refractivity contribution in [1.82, 2.24) is 0 Å². The van der Waals surface area contributed by atoms with Gasteiger partial charge in [0.1, 0.15) is 0 Å². The molecule has 4 heteroatoms. The predicted octanol–water partition coefficient (Wildman–Crippen LogP) is -0.0534. The summed E-state index contributed by atoms with van der Waals surface area (Å²) in [5, 5.41) is 0. The summed E-state index contributed by atoms with van der Waals surface area (Å²) in [6.45, 7) is 0. The normalized spacial score (nSPS) is 9.17. The quantitative estimate of drug-likeness (QED) is 0.489. The van der Waals surface area contributed by atoms with Crippen molar-refractivity contribution in [2.24, 2.45) is 0 Å². The van der Waals surface area contributed by atoms with Gasteiger partial charge in [0, 0.05) is 0 Å². The van der Waals surface area contributed by atoms with E-state index in [1.54, 1.807) is 16.0 Å². The summed E-state index contributed by atoms with van der Waals surface area (Å²) < 4.78 is 20.4. The first-order chi connectivity index (χ1) is 2.64. The van der Waals surface area contributed by atoms with Gasteiger partial charge in [-0.05, 0) is 0 Å². The van der Waals surface area contributed by atoms with Crippen molar-refractivity contribution in [3.63, 3.8) is 0 Å². The maximum atomic E-state index is 10.8. The molecule has 0 unspecified atom stereocenters. The van der Waals surface area contributed by atoms with Crippen LogP contribution in [0.4, 0.5) is 8.78 Å². The Morgan fingerprint density at radius 2 is 1.83 bits per heavy atom. The number of halogens is 2. The van der Waals surface area contributed by atoms with Crippen LogP contribution >= 0.6 is 0 Å². The molecule has 1 radical (unpaired) electrons. The van der Waals surface area contributed by atoms with Crippen LogP contribution in [0.2, 0.25) is 0 Å². The summed E-state index contributed by atoms with van der Waals surface area (Å²) in [4.78, 5) is 9.34. The van der Waals surface area contributed by atoms with Crippen LogP contribution in [-0.2, 0) is 4.79 Å². The van der Waals surface area contributed by atoms with E-state index in [9.17, 15) is 13.6 Å². The first-order valence-corrected chi connectivity index (χ1v) is 1.99. The van der Waals surface area contributed by atoms with Crippen molar-refractivity contribution in [2.45, 2.75) is 6.43 Å². The SMILES string of the molecule is O=C([Se])C(F)F. The van der Waals surface area contributed by atoms with E-state index in [1.807, 2.05) is 0 Å². The Hall–Kier alpha value is 0.0495. The van der Waals surface area contributed by atoms with Crippen LogP contribution in [0.25, 0.3) is 0 Å². The van der Waals surface area contributed by atoms with Gasteiger partial charge in [-0.15, -0.1) is 0 Å². The van der Waals surface area contributed by atoms with Gasteiger partial charge in [-0.2, -0.15) is 0 Å². The van der Waals surface area contributed by atoms with Crippen molar-refractivity contribution in [1.29, 1.82) is 0 Å². The average Bonchev–Trinajstić information content (AvgIpc) is 1.36. The molecule has 35 valence electrons. The number of carbonyl (C=O) groups is 1. The van der Waals surface area contributed by atoms with Gasteiger partial charge in [0.15, 0.2) is 0 Å². The molecule has 6 heavy (non-hydrogen) atoms. The van der Waals surface area contributed by atoms with Crippen LogP contribution in [0.5, 0.6) is 0 Å². The van der Waals surface area contributed by atoms with Crippen molar-refractivity contribution < 1.29 is 13.6 Å². The molecule has 0 saturated carbocycles. The van der Waals surface area contributed by atoms with Crippen LogP contribution in [0, 0.1) is 0 Å². The number of hydrogen-bond acceptors (Lipinski definition) is 1. The van der Waals surface area contributed by atoms with Crippen LogP contribution < -0.4 is 0 Å². The van der Waals surface area contributed by atoms with Gasteiger partial charge in [-0.3, -0.25) is 0 Å². The summed E-state index contributed by atoms with van der Waals surface area (Å²) >= 11 is 1.65. The van der Waals surface area contributed by atoms with E-state index in [4.69, 9.17) is 0 Å². The summed E-state index contributed by atoms with van der Waals surface area (Å²) in [5.74, 6) is 0. The van der Waals surface area contributed by atoms with Crippen LogP contribution in [0.1, 0.15) is 0 Å². The minimum atomic E-state index is -2.84. The molecule has 0 amide bonds. The predicted molar refractivity (Wildman–Crippen MR) is 16.8 cm³/mol. The second-order valence-electron chi connectivity index (χ2n) is 0.620. The Balaban J connectivity index is 3.26. The molecule has 0 aromatic rings. The molecule has 0 aliphatic heterocycles. The summed E-state index contributed by atoms with van der Waals surface area (Å²) in [5.41, 5.74) is 0. The molecule has 0 atom stereocenters. The fourth-order valence-electron chi connectivity index (χ4n) is 0. The van der Waals surface area contributed by atoms with Gasteiger partial charge in [-0.25, -0.2) is 0 Å². The van der Waals surface area contributed by atoms with E-state index in [0.717, 1.165) is 0 Å². The molecule has 0 fully saturated rings. The van der Waals surface area contributed by atoms with Crippen molar-refractivity contribution in [3.8, 4) is 0 Å². The van der Waals surface area contributed by atoms with Crippen LogP contribution in [0.3, 0.4) is 0 Å². The molecule has 0 aromatic heterocycles. The topological polar surface area (TPSA) is 17.1 Å². The third kappa shape index (κ3) is 2.30. The second kappa shape index (κ2) is 2.26. The Morgan fingerprint density at radius 1 is 1.67 bits per heavy atom. The molecule has 0 spiro atoms. The maximum absolute atomic E-state index is 10.8. The molecule has 0 aromatic carbocycles. The van der Waals surface area contributed by atoms with Crippen LogP contribution in [0.15, 0.2) is 0 Å². The Bertz CT molecular complexity index is 62.6. The molecule has 0 heterocycles. The zero-order valence-corrected chi connectivity index (χ0v) is 4.36. The van der Waals surface area contributed by atoms with Gasteiger partial charge in [0.2, 0.25) is 0 Å². The molecule has 0 N–H and O–H groups in total. The van der Waals surface area contributed by atoms with Crippen molar-refractivity contribution in [2.75, 3.05) is 0 Å². The molecule has 0 bridgehead atoms. The van der Waals surface area contributed by atoms with Gasteiger partial charge in [-0.1, -0.05) is 0 Å². The van der Waals surface area contributed by atoms with E-state index < -0.39 is 11.1 Å². The fourth-order valence-corrected chi connectivity index (χ4v) is 0. The molecule has 1 nitrogen and oxygen atoms in total.